The van der Waals surface area contributed by atoms with Crippen LogP contribution in [0.15, 0.2) is 12.5 Å². The number of carboxylic acids is 1. The lowest BCUT2D eigenvalue weighted by Crippen LogP contribution is -2.27. The molecule has 0 amide bonds. The highest BCUT2D eigenvalue weighted by atomic mass is 31.2. The van der Waals surface area contributed by atoms with Crippen LogP contribution < -0.4 is 5.73 Å². The molecule has 13 nitrogen and oxygen atoms in total. The van der Waals surface area contributed by atoms with Crippen LogP contribution in [0.2, 0.25) is 0 Å². The third-order valence-corrected chi connectivity index (χ3v) is 7.88. The van der Waals surface area contributed by atoms with E-state index < -0.39 is 49.1 Å². The summed E-state index contributed by atoms with van der Waals surface area (Å²) in [6.45, 7) is 9.73. The van der Waals surface area contributed by atoms with E-state index in [1.165, 1.54) is 6.20 Å². The van der Waals surface area contributed by atoms with E-state index in [2.05, 4.69) is 15.0 Å². The molecule has 0 aromatic carbocycles. The van der Waals surface area contributed by atoms with Crippen LogP contribution in [0.25, 0.3) is 11.2 Å². The van der Waals surface area contributed by atoms with Gasteiger partial charge in [0.2, 0.25) is 12.7 Å². The maximum Gasteiger partial charge on any atom is 0.359 e. The first-order chi connectivity index (χ1) is 17.1. The highest BCUT2D eigenvalue weighted by Gasteiger charge is 2.54. The summed E-state index contributed by atoms with van der Waals surface area (Å²) in [5, 5.41) is 9.35. The zero-order valence-electron chi connectivity index (χ0n) is 22.1. The minimum atomic E-state index is -3.94. The number of ether oxygens (including phenoxy) is 2. The van der Waals surface area contributed by atoms with Gasteiger partial charge in [-0.25, -0.2) is 9.97 Å². The number of hydrogen-bond acceptors (Lipinski definition) is 11. The monoisotopic (exact) mass is 541 g/mol. The Morgan fingerprint density at radius 1 is 1.24 bits per heavy atom. The molecule has 3 rings (SSSR count). The maximum absolute atomic E-state index is 13.6. The summed E-state index contributed by atoms with van der Waals surface area (Å²) >= 11 is 0. The molecule has 3 atom stereocenters. The number of nitrogens with zero attached hydrogens (tertiary/aromatic N) is 4. The second-order valence-corrected chi connectivity index (χ2v) is 13.1. The summed E-state index contributed by atoms with van der Waals surface area (Å²) < 4.78 is 37.6. The van der Waals surface area contributed by atoms with Gasteiger partial charge in [0.25, 0.3) is 0 Å². The topological polar surface area (TPSA) is 178 Å². The summed E-state index contributed by atoms with van der Waals surface area (Å²) in [5.41, 5.74) is 4.31. The van der Waals surface area contributed by atoms with E-state index in [1.807, 2.05) is 6.92 Å². The summed E-state index contributed by atoms with van der Waals surface area (Å²) in [5.74, 6) is -1.30. The van der Waals surface area contributed by atoms with Gasteiger partial charge in [0.05, 0.1) is 42.1 Å². The smallest absolute Gasteiger partial charge is 0.359 e. The van der Waals surface area contributed by atoms with E-state index in [4.69, 9.17) is 24.3 Å². The van der Waals surface area contributed by atoms with Gasteiger partial charge in [-0.05, 0) is 53.4 Å². The molecule has 37 heavy (non-hydrogen) atoms. The molecule has 1 aliphatic rings. The Hall–Kier alpha value is -2.60. The molecule has 3 N–H and O–H groups in total. The number of esters is 1. The molecule has 1 aliphatic carbocycles. The van der Waals surface area contributed by atoms with Gasteiger partial charge in [-0.3, -0.25) is 18.7 Å². The lowest BCUT2D eigenvalue weighted by Gasteiger charge is -2.25. The number of nitrogen functional groups attached to an aromatic ring is 1. The van der Waals surface area contributed by atoms with E-state index >= 15 is 0 Å². The number of anilines is 1. The fraction of sp³-hybridized carbons (Fsp3) is 0.696. The molecule has 1 unspecified atom stereocenters. The predicted octanol–water partition coefficient (Wildman–Crippen LogP) is 3.44. The third-order valence-electron chi connectivity index (χ3n) is 6.36. The molecule has 1 saturated carbocycles. The number of imidazole rings is 1. The number of fused-ring (bicyclic) bond motifs is 1. The normalized spacial score (nSPS) is 21.5. The third kappa shape index (κ3) is 7.25. The molecule has 0 bridgehead atoms. The highest BCUT2D eigenvalue weighted by molar-refractivity contribution is 7.53. The minimum Gasteiger partial charge on any atom is -0.481 e. The molecular formula is C23H36N5O8P. The van der Waals surface area contributed by atoms with Crippen LogP contribution in [-0.4, -0.2) is 61.9 Å². The van der Waals surface area contributed by atoms with Crippen molar-refractivity contribution < 1.29 is 37.8 Å². The van der Waals surface area contributed by atoms with Gasteiger partial charge in [0.1, 0.15) is 11.9 Å². The summed E-state index contributed by atoms with van der Waals surface area (Å²) in [4.78, 5) is 36.0. The molecule has 0 saturated heterocycles. The number of nitrogens with two attached hydrogens (primary N) is 1. The average Bonchev–Trinajstić information content (AvgIpc) is 3.26. The van der Waals surface area contributed by atoms with Gasteiger partial charge in [0.15, 0.2) is 5.65 Å². The zero-order chi connectivity index (χ0) is 27.6. The Labute approximate surface area is 215 Å². The summed E-state index contributed by atoms with van der Waals surface area (Å²) in [7, 11) is -3.94. The highest BCUT2D eigenvalue weighted by Crippen LogP contribution is 2.55. The molecule has 2 heterocycles. The molecule has 0 radical (unpaired) electrons. The predicted molar refractivity (Wildman–Crippen MR) is 133 cm³/mol. The minimum absolute atomic E-state index is 0.0845. The van der Waals surface area contributed by atoms with Gasteiger partial charge in [0, 0.05) is 0 Å². The lowest BCUT2D eigenvalue weighted by atomic mass is 9.90. The van der Waals surface area contributed by atoms with Crippen LogP contribution in [0.5, 0.6) is 0 Å². The van der Waals surface area contributed by atoms with Gasteiger partial charge < -0.3 is 29.4 Å². The molecule has 206 valence electrons. The number of aromatic nitrogens is 4. The molecule has 0 aliphatic heterocycles. The van der Waals surface area contributed by atoms with Crippen molar-refractivity contribution in [1.29, 1.82) is 0 Å². The number of aliphatic carboxylic acids is 1. The van der Waals surface area contributed by atoms with E-state index in [1.54, 1.807) is 45.5 Å². The van der Waals surface area contributed by atoms with Crippen LogP contribution in [0.3, 0.4) is 0 Å². The van der Waals surface area contributed by atoms with Crippen LogP contribution in [0.1, 0.15) is 54.4 Å². The van der Waals surface area contributed by atoms with Crippen molar-refractivity contribution in [2.24, 2.45) is 16.7 Å². The van der Waals surface area contributed by atoms with Crippen molar-refractivity contribution in [2.45, 2.75) is 66.5 Å². The van der Waals surface area contributed by atoms with Gasteiger partial charge in [-0.15, -0.1) is 0 Å². The average molecular weight is 542 g/mol. The van der Waals surface area contributed by atoms with E-state index in [9.17, 15) is 19.3 Å². The van der Waals surface area contributed by atoms with E-state index in [0.717, 1.165) is 0 Å². The van der Waals surface area contributed by atoms with Crippen molar-refractivity contribution in [3.63, 3.8) is 0 Å². The maximum atomic E-state index is 13.6. The first kappa shape index (κ1) is 29.0. The zero-order valence-corrected chi connectivity index (χ0v) is 23.0. The molecular weight excluding hydrogens is 505 g/mol. The molecule has 2 aromatic rings. The Kier molecular flexibility index (Phi) is 8.33. The number of carbonyl (C=O) groups is 2. The van der Waals surface area contributed by atoms with Crippen LogP contribution >= 0.6 is 7.60 Å². The summed E-state index contributed by atoms with van der Waals surface area (Å²) in [6.07, 6.45) is 3.49. The van der Waals surface area contributed by atoms with Gasteiger partial charge in [-0.2, -0.15) is 4.98 Å². The van der Waals surface area contributed by atoms with Crippen molar-refractivity contribution in [3.8, 4) is 0 Å². The van der Waals surface area contributed by atoms with Crippen LogP contribution in [0.4, 0.5) is 5.95 Å². The molecule has 2 aromatic heterocycles. The standard InChI is InChI=1S/C23H36N5O8P/c1-15-9-23(15,11-28-12-26-16-10-25-20(24)27-17(16)28)34-14-37(32,35-8-7-22(5,6)18(29)30)36-13-33-19(31)21(2,3)4/h10,12,15H,7-9,11,13-14H2,1-6H3,(H,29,30)(H2,24,25,27)/t15-,23+,37?/m0/s1. The fourth-order valence-electron chi connectivity index (χ4n) is 3.44. The number of carbonyl (C=O) groups excluding carboxylic acids is 1. The SMILES string of the molecule is C[C@H]1C[C@]1(Cn1cnc2cnc(N)nc21)OCP(=O)(OCCC(C)(C)C(=O)O)OCOC(=O)C(C)(C)C. The number of hydrogen-bond donors (Lipinski definition) is 2. The Balaban J connectivity index is 1.70. The largest absolute Gasteiger partial charge is 0.481 e. The van der Waals surface area contributed by atoms with Crippen LogP contribution in [-0.2, 0) is 39.2 Å². The number of rotatable bonds is 13. The second-order valence-electron chi connectivity index (χ2n) is 11.1. The second kappa shape index (κ2) is 10.6. The van der Waals surface area contributed by atoms with Crippen molar-refractivity contribution in [2.75, 3.05) is 25.5 Å². The Bertz CT molecular complexity index is 1190. The van der Waals surface area contributed by atoms with Gasteiger partial charge >= 0.3 is 19.5 Å². The first-order valence-corrected chi connectivity index (χ1v) is 13.7. The number of carboxylic acid groups (broad SMARTS) is 1. The lowest BCUT2D eigenvalue weighted by molar-refractivity contribution is -0.160. The molecule has 0 spiro atoms. The Morgan fingerprint density at radius 2 is 1.92 bits per heavy atom. The quantitative estimate of drug-likeness (QED) is 0.215. The van der Waals surface area contributed by atoms with Crippen LogP contribution in [0, 0.1) is 16.7 Å². The molecule has 14 heteroatoms. The van der Waals surface area contributed by atoms with Crippen molar-refractivity contribution in [1.82, 2.24) is 19.5 Å². The summed E-state index contributed by atoms with van der Waals surface area (Å²) in [6, 6.07) is 0. The molecule has 1 fully saturated rings. The van der Waals surface area contributed by atoms with E-state index in [-0.39, 0.29) is 24.9 Å². The first-order valence-electron chi connectivity index (χ1n) is 11.9. The Morgan fingerprint density at radius 3 is 2.51 bits per heavy atom. The van der Waals surface area contributed by atoms with Crippen molar-refractivity contribution >= 4 is 36.6 Å². The fourth-order valence-corrected chi connectivity index (χ4v) is 4.66. The van der Waals surface area contributed by atoms with Crippen molar-refractivity contribution in [3.05, 3.63) is 12.5 Å². The van der Waals surface area contributed by atoms with E-state index in [0.29, 0.717) is 24.1 Å². The van der Waals surface area contributed by atoms with Gasteiger partial charge in [-0.1, -0.05) is 6.92 Å².